The van der Waals surface area contributed by atoms with Gasteiger partial charge in [-0.05, 0) is 78.6 Å². The lowest BCUT2D eigenvalue weighted by atomic mass is 9.72. The quantitative estimate of drug-likeness (QED) is 0.0574. The third-order valence-electron chi connectivity index (χ3n) is 12.1. The number of rotatable bonds is 19. The number of methoxy groups -OCH3 is 1. The summed E-state index contributed by atoms with van der Waals surface area (Å²) in [5.74, 6) is -1.45. The van der Waals surface area contributed by atoms with Gasteiger partial charge >= 0.3 is 19.9 Å². The topological polar surface area (TPSA) is 207 Å². The fourth-order valence-corrected chi connectivity index (χ4v) is 9.57. The third kappa shape index (κ3) is 14.4. The molecule has 16 nitrogen and oxygen atoms in total. The number of carbonyl (C=O) groups excluding carboxylic acids is 2. The summed E-state index contributed by atoms with van der Waals surface area (Å²) in [6.07, 6.45) is 2.63. The van der Waals surface area contributed by atoms with Crippen molar-refractivity contribution >= 4 is 34.3 Å². The van der Waals surface area contributed by atoms with Gasteiger partial charge in [0.25, 0.3) is 0 Å². The molecule has 2 aliphatic rings. The van der Waals surface area contributed by atoms with Gasteiger partial charge in [0.2, 0.25) is 0 Å². The normalized spacial score (nSPS) is 26.5. The van der Waals surface area contributed by atoms with Crippen LogP contribution in [0.1, 0.15) is 140 Å². The summed E-state index contributed by atoms with van der Waals surface area (Å²) in [6.45, 7) is 29.6. The molecule has 0 aromatic carbocycles. The molecule has 1 aromatic heterocycles. The lowest BCUT2D eigenvalue weighted by Crippen LogP contribution is -2.60. The van der Waals surface area contributed by atoms with Gasteiger partial charge in [0.1, 0.15) is 29.8 Å². The number of nitrogens with one attached hydrogen (secondary N) is 1. The van der Waals surface area contributed by atoms with E-state index in [1.807, 2.05) is 59.8 Å². The first kappa shape index (κ1) is 53.7. The minimum atomic E-state index is -4.75. The molecule has 1 amide bonds. The SMILES string of the molecule is CO[C@H](CCOC(=O)C(C)(C)C)[C@@H]1O[C@@]2(C[C@H](O[Si](C)(C)C(C)(C)C)[C@H](C)[C@@H](C/C=C/c3coc([C@H](C)CCNC(=O)OC(C)(C)C)n3)O2)C(C)(C)[C@@H]1OP(=O)(O)OCCC#N. The number of nitriles is 1. The Balaban J connectivity index is 1.97. The molecule has 0 aliphatic carbocycles. The second-order valence-corrected chi connectivity index (χ2v) is 26.9. The van der Waals surface area contributed by atoms with Crippen molar-refractivity contribution < 1.29 is 60.6 Å². The number of hydrogen-bond acceptors (Lipinski definition) is 14. The van der Waals surface area contributed by atoms with Crippen molar-refractivity contribution in [1.29, 1.82) is 5.26 Å². The molecule has 3 rings (SSSR count). The van der Waals surface area contributed by atoms with E-state index in [4.69, 9.17) is 46.8 Å². The summed E-state index contributed by atoms with van der Waals surface area (Å²) < 4.78 is 68.8. The maximum absolute atomic E-state index is 13.5. The molecule has 2 saturated heterocycles. The maximum Gasteiger partial charge on any atom is 0.472 e. The number of aromatic nitrogens is 1. The van der Waals surface area contributed by atoms with Crippen LogP contribution >= 0.6 is 7.82 Å². The molecule has 354 valence electrons. The number of ether oxygens (including phenoxy) is 5. The number of nitrogens with zero attached hydrogens (tertiary/aromatic N) is 2. The number of oxazole rings is 1. The van der Waals surface area contributed by atoms with E-state index in [2.05, 4.69) is 51.1 Å². The van der Waals surface area contributed by atoms with Gasteiger partial charge in [0, 0.05) is 43.7 Å². The Kier molecular flexibility index (Phi) is 18.3. The summed E-state index contributed by atoms with van der Waals surface area (Å²) in [7, 11) is -5.63. The summed E-state index contributed by atoms with van der Waals surface area (Å²) in [5, 5.41) is 11.7. The van der Waals surface area contributed by atoms with Gasteiger partial charge in [-0.3, -0.25) is 13.8 Å². The van der Waals surface area contributed by atoms with Crippen LogP contribution in [0.5, 0.6) is 0 Å². The highest BCUT2D eigenvalue weighted by Crippen LogP contribution is 2.60. The molecule has 3 heterocycles. The second-order valence-electron chi connectivity index (χ2n) is 20.7. The molecule has 2 fully saturated rings. The highest BCUT2D eigenvalue weighted by molar-refractivity contribution is 7.47. The van der Waals surface area contributed by atoms with Crippen LogP contribution in [0.2, 0.25) is 18.1 Å². The lowest BCUT2D eigenvalue weighted by Gasteiger charge is -2.53. The average molecular weight is 914 g/mol. The van der Waals surface area contributed by atoms with Crippen molar-refractivity contribution in [3.8, 4) is 6.07 Å². The smallest absolute Gasteiger partial charge is 0.465 e. The summed E-state index contributed by atoms with van der Waals surface area (Å²) in [6, 6.07) is 1.91. The van der Waals surface area contributed by atoms with Gasteiger partial charge in [-0.1, -0.05) is 54.5 Å². The standard InChI is InChI=1S/C44H76N3O13PSi/c1-29(21-24-46-39(49)58-41(6,7)8)37-47-31(28-54-37)19-17-20-32-30(2)34(60-62(15,16)42(9,10)11)27-44(56-32)43(12,13)36(59-61(50,51)55-25-18-23-45)35(57-44)33(52-14)22-26-53-38(48)40(3,4)5/h17,19,28-30,32-36H,18,20-22,24-27H2,1-16H3,(H,46,49)(H,50,51)/b19-17+/t29-,30-,32-,33-,34+,35+,36-,44+/m1/s1. The van der Waals surface area contributed by atoms with Gasteiger partial charge in [0.15, 0.2) is 20.0 Å². The van der Waals surface area contributed by atoms with Gasteiger partial charge in [-0.2, -0.15) is 5.26 Å². The van der Waals surface area contributed by atoms with E-state index in [-0.39, 0.29) is 61.4 Å². The van der Waals surface area contributed by atoms with Gasteiger partial charge in [0.05, 0.1) is 49.4 Å². The second kappa shape index (κ2) is 21.1. The number of phosphoric acid groups is 1. The first-order valence-electron chi connectivity index (χ1n) is 21.7. The van der Waals surface area contributed by atoms with Crippen molar-refractivity contribution in [2.24, 2.45) is 16.7 Å². The van der Waals surface area contributed by atoms with Crippen LogP contribution in [0.25, 0.3) is 6.08 Å². The third-order valence-corrected chi connectivity index (χ3v) is 17.6. The minimum absolute atomic E-state index is 0.00198. The van der Waals surface area contributed by atoms with E-state index >= 15 is 0 Å². The molecule has 1 spiro atoms. The lowest BCUT2D eigenvalue weighted by molar-refractivity contribution is -0.332. The molecule has 2 aliphatic heterocycles. The van der Waals surface area contributed by atoms with Gasteiger partial charge < -0.3 is 42.7 Å². The average Bonchev–Trinajstić information content (AvgIpc) is 3.67. The van der Waals surface area contributed by atoms with E-state index in [0.717, 1.165) is 0 Å². The molecule has 0 radical (unpaired) electrons. The zero-order chi connectivity index (χ0) is 47.1. The molecule has 0 bridgehead atoms. The van der Waals surface area contributed by atoms with Gasteiger partial charge in [-0.15, -0.1) is 0 Å². The number of amides is 1. The molecule has 1 unspecified atom stereocenters. The van der Waals surface area contributed by atoms with Crippen LogP contribution in [0.3, 0.4) is 0 Å². The minimum Gasteiger partial charge on any atom is -0.465 e. The zero-order valence-corrected chi connectivity index (χ0v) is 42.0. The van der Waals surface area contributed by atoms with E-state index in [1.54, 1.807) is 27.0 Å². The fraction of sp³-hybridized carbons (Fsp3) is 0.818. The summed E-state index contributed by atoms with van der Waals surface area (Å²) in [4.78, 5) is 40.5. The Hall–Kier alpha value is -2.65. The first-order chi connectivity index (χ1) is 28.4. The van der Waals surface area contributed by atoms with Crippen LogP contribution in [0.15, 0.2) is 16.8 Å². The molecule has 2 N–H and O–H groups in total. The van der Waals surface area contributed by atoms with Crippen molar-refractivity contribution in [2.75, 3.05) is 26.9 Å². The van der Waals surface area contributed by atoms with Crippen LogP contribution in [-0.4, -0.2) is 99.0 Å². The highest BCUT2D eigenvalue weighted by Gasteiger charge is 2.68. The molecule has 1 aromatic rings. The number of esters is 1. The molecule has 62 heavy (non-hydrogen) atoms. The van der Waals surface area contributed by atoms with Crippen LogP contribution in [0, 0.1) is 28.1 Å². The summed E-state index contributed by atoms with van der Waals surface area (Å²) >= 11 is 0. The Morgan fingerprint density at radius 1 is 1.11 bits per heavy atom. The zero-order valence-electron chi connectivity index (χ0n) is 40.1. The van der Waals surface area contributed by atoms with Crippen LogP contribution in [0.4, 0.5) is 4.79 Å². The summed E-state index contributed by atoms with van der Waals surface area (Å²) in [5.41, 5.74) is -1.81. The molecular weight excluding hydrogens is 838 g/mol. The van der Waals surface area contributed by atoms with E-state index in [0.29, 0.717) is 31.0 Å². The van der Waals surface area contributed by atoms with E-state index < -0.39 is 68.9 Å². The Morgan fingerprint density at radius 3 is 2.35 bits per heavy atom. The predicted octanol–water partition coefficient (Wildman–Crippen LogP) is 9.44. The Bertz CT molecular complexity index is 1760. The van der Waals surface area contributed by atoms with Gasteiger partial charge in [-0.25, -0.2) is 14.3 Å². The monoisotopic (exact) mass is 913 g/mol. The number of hydrogen-bond donors (Lipinski definition) is 2. The number of carbonyl (C=O) groups is 2. The highest BCUT2D eigenvalue weighted by atomic mass is 31.2. The maximum atomic E-state index is 13.5. The predicted molar refractivity (Wildman–Crippen MR) is 236 cm³/mol. The number of alkyl carbamates (subject to hydrolysis) is 1. The van der Waals surface area contributed by atoms with Crippen molar-refractivity contribution in [3.05, 3.63) is 23.9 Å². The van der Waals surface area contributed by atoms with E-state index in [9.17, 15) is 19.0 Å². The number of phosphoric ester groups is 1. The largest absolute Gasteiger partial charge is 0.472 e. The first-order valence-corrected chi connectivity index (χ1v) is 26.1. The Labute approximate surface area is 371 Å². The van der Waals surface area contributed by atoms with Crippen molar-refractivity contribution in [1.82, 2.24) is 10.3 Å². The Morgan fingerprint density at radius 2 is 1.77 bits per heavy atom. The van der Waals surface area contributed by atoms with Crippen LogP contribution < -0.4 is 5.32 Å². The molecule has 18 heteroatoms. The molecule has 0 saturated carbocycles. The molecular formula is C44H76N3O13PSi. The van der Waals surface area contributed by atoms with Crippen LogP contribution in [-0.2, 0) is 46.5 Å². The van der Waals surface area contributed by atoms with Crippen molar-refractivity contribution in [2.45, 2.75) is 188 Å². The van der Waals surface area contributed by atoms with Crippen molar-refractivity contribution in [3.63, 3.8) is 0 Å². The fourth-order valence-electron chi connectivity index (χ4n) is 7.11. The van der Waals surface area contributed by atoms with E-state index in [1.165, 1.54) is 7.11 Å². The molecule has 9 atom stereocenters.